The van der Waals surface area contributed by atoms with Gasteiger partial charge in [0.05, 0.1) is 7.11 Å². The molecule has 0 atom stereocenters. The van der Waals surface area contributed by atoms with E-state index >= 15 is 0 Å². The van der Waals surface area contributed by atoms with Crippen molar-refractivity contribution in [2.24, 2.45) is 0 Å². The lowest BCUT2D eigenvalue weighted by Crippen LogP contribution is -2.32. The maximum Gasteiger partial charge on any atom is 0.255 e. The number of hydrogen-bond acceptors (Lipinski definition) is 3. The van der Waals surface area contributed by atoms with E-state index in [4.69, 9.17) is 4.74 Å². The molecule has 0 aliphatic carbocycles. The summed E-state index contributed by atoms with van der Waals surface area (Å²) in [6.07, 6.45) is 4.44. The van der Waals surface area contributed by atoms with Gasteiger partial charge in [-0.3, -0.25) is 9.59 Å². The maximum absolute atomic E-state index is 12.7. The summed E-state index contributed by atoms with van der Waals surface area (Å²) < 4.78 is 5.11. The molecule has 2 aromatic rings. The highest BCUT2D eigenvalue weighted by Gasteiger charge is 2.18. The second-order valence-electron chi connectivity index (χ2n) is 6.47. The van der Waals surface area contributed by atoms with Gasteiger partial charge in [-0.05, 0) is 55.3 Å². The number of carbonyl (C=O) groups excluding carboxylic acids is 2. The second kappa shape index (κ2) is 8.52. The van der Waals surface area contributed by atoms with Crippen LogP contribution in [0.1, 0.15) is 46.4 Å². The molecule has 0 bridgehead atoms. The number of rotatable bonds is 4. The molecule has 2 amide bonds. The fourth-order valence-corrected chi connectivity index (χ4v) is 3.13. The topological polar surface area (TPSA) is 58.6 Å². The highest BCUT2D eigenvalue weighted by Crippen LogP contribution is 2.17. The van der Waals surface area contributed by atoms with E-state index in [1.165, 1.54) is 12.8 Å². The zero-order chi connectivity index (χ0) is 18.4. The van der Waals surface area contributed by atoms with Crippen LogP contribution in [0.15, 0.2) is 48.5 Å². The zero-order valence-corrected chi connectivity index (χ0v) is 15.0. The van der Waals surface area contributed by atoms with Crippen LogP contribution >= 0.6 is 0 Å². The average molecular weight is 352 g/mol. The molecule has 1 saturated heterocycles. The Morgan fingerprint density at radius 2 is 1.58 bits per heavy atom. The predicted molar refractivity (Wildman–Crippen MR) is 102 cm³/mol. The lowest BCUT2D eigenvalue weighted by Gasteiger charge is -2.20. The van der Waals surface area contributed by atoms with Crippen LogP contribution in [-0.2, 0) is 0 Å². The van der Waals surface area contributed by atoms with Crippen molar-refractivity contribution >= 4 is 17.5 Å². The molecule has 1 aliphatic heterocycles. The molecule has 26 heavy (non-hydrogen) atoms. The van der Waals surface area contributed by atoms with Gasteiger partial charge >= 0.3 is 0 Å². The number of nitrogens with one attached hydrogen (secondary N) is 1. The molecule has 1 aliphatic rings. The lowest BCUT2D eigenvalue weighted by atomic mass is 10.1. The molecule has 5 heteroatoms. The third kappa shape index (κ3) is 4.42. The van der Waals surface area contributed by atoms with Crippen LogP contribution in [-0.4, -0.2) is 36.9 Å². The van der Waals surface area contributed by atoms with Crippen LogP contribution in [0, 0.1) is 0 Å². The van der Waals surface area contributed by atoms with Crippen molar-refractivity contribution in [3.8, 4) is 5.75 Å². The number of benzene rings is 2. The van der Waals surface area contributed by atoms with Crippen molar-refractivity contribution in [3.05, 3.63) is 59.7 Å². The summed E-state index contributed by atoms with van der Waals surface area (Å²) in [6.45, 7) is 1.59. The van der Waals surface area contributed by atoms with Gasteiger partial charge in [-0.1, -0.05) is 18.9 Å². The summed E-state index contributed by atoms with van der Waals surface area (Å²) in [7, 11) is 1.60. The van der Waals surface area contributed by atoms with Gasteiger partial charge in [-0.25, -0.2) is 0 Å². The summed E-state index contributed by atoms with van der Waals surface area (Å²) in [5.74, 6) is 0.500. The van der Waals surface area contributed by atoms with E-state index in [0.29, 0.717) is 16.8 Å². The van der Waals surface area contributed by atoms with E-state index in [9.17, 15) is 9.59 Å². The lowest BCUT2D eigenvalue weighted by molar-refractivity contribution is 0.0761. The van der Waals surface area contributed by atoms with Gasteiger partial charge in [0.25, 0.3) is 11.8 Å². The number of ether oxygens (including phenoxy) is 1. The Bertz CT molecular complexity index is 763. The summed E-state index contributed by atoms with van der Waals surface area (Å²) in [4.78, 5) is 27.1. The summed E-state index contributed by atoms with van der Waals surface area (Å²) in [5.41, 5.74) is 1.72. The van der Waals surface area contributed by atoms with Crippen molar-refractivity contribution in [1.82, 2.24) is 4.90 Å². The van der Waals surface area contributed by atoms with E-state index in [2.05, 4.69) is 5.32 Å². The van der Waals surface area contributed by atoms with Gasteiger partial charge in [0.2, 0.25) is 0 Å². The Balaban J connectivity index is 1.71. The Hall–Kier alpha value is -2.82. The summed E-state index contributed by atoms with van der Waals surface area (Å²) in [5, 5.41) is 2.85. The minimum atomic E-state index is -0.235. The number of methoxy groups -OCH3 is 1. The summed E-state index contributed by atoms with van der Waals surface area (Å²) >= 11 is 0. The first-order valence-electron chi connectivity index (χ1n) is 9.02. The standard InChI is InChI=1S/C21H24N2O3/c1-26-19-11-9-18(10-12-19)22-20(24)16-7-6-8-17(15-16)21(25)23-13-4-2-3-5-14-23/h6-12,15H,2-5,13-14H2,1H3,(H,22,24). The minimum absolute atomic E-state index is 0.00555. The first-order valence-corrected chi connectivity index (χ1v) is 9.02. The second-order valence-corrected chi connectivity index (χ2v) is 6.47. The number of hydrogen-bond donors (Lipinski definition) is 1. The fourth-order valence-electron chi connectivity index (χ4n) is 3.13. The van der Waals surface area contributed by atoms with Crippen molar-refractivity contribution in [2.75, 3.05) is 25.5 Å². The number of carbonyl (C=O) groups is 2. The van der Waals surface area contributed by atoms with Crippen molar-refractivity contribution in [2.45, 2.75) is 25.7 Å². The fraction of sp³-hybridized carbons (Fsp3) is 0.333. The van der Waals surface area contributed by atoms with Crippen LogP contribution in [0.25, 0.3) is 0 Å². The maximum atomic E-state index is 12.7. The Morgan fingerprint density at radius 3 is 2.23 bits per heavy atom. The summed E-state index contributed by atoms with van der Waals surface area (Å²) in [6, 6.07) is 14.1. The van der Waals surface area contributed by atoms with Crippen LogP contribution in [0.5, 0.6) is 5.75 Å². The molecule has 5 nitrogen and oxygen atoms in total. The van der Waals surface area contributed by atoms with Gasteiger partial charge in [0.1, 0.15) is 5.75 Å². The molecular formula is C21H24N2O3. The van der Waals surface area contributed by atoms with Crippen LogP contribution in [0.4, 0.5) is 5.69 Å². The molecule has 0 spiro atoms. The third-order valence-corrected chi connectivity index (χ3v) is 4.61. The molecule has 0 radical (unpaired) electrons. The normalized spacial score (nSPS) is 14.4. The molecule has 1 fully saturated rings. The molecule has 0 unspecified atom stereocenters. The Labute approximate surface area is 154 Å². The van der Waals surface area contributed by atoms with Gasteiger partial charge in [-0.2, -0.15) is 0 Å². The van der Waals surface area contributed by atoms with Crippen LogP contribution in [0.2, 0.25) is 0 Å². The first kappa shape index (κ1) is 18.0. The number of nitrogens with zero attached hydrogens (tertiary/aromatic N) is 1. The molecule has 0 aromatic heterocycles. The molecule has 136 valence electrons. The number of amides is 2. The predicted octanol–water partition coefficient (Wildman–Crippen LogP) is 3.96. The van der Waals surface area contributed by atoms with Crippen LogP contribution < -0.4 is 10.1 Å². The van der Waals surface area contributed by atoms with E-state index in [-0.39, 0.29) is 11.8 Å². The number of anilines is 1. The Morgan fingerprint density at radius 1 is 0.923 bits per heavy atom. The molecule has 0 saturated carbocycles. The minimum Gasteiger partial charge on any atom is -0.497 e. The largest absolute Gasteiger partial charge is 0.497 e. The molecule has 1 N–H and O–H groups in total. The molecule has 3 rings (SSSR count). The van der Waals surface area contributed by atoms with Gasteiger partial charge in [0.15, 0.2) is 0 Å². The number of likely N-dealkylation sites (tertiary alicyclic amines) is 1. The molecular weight excluding hydrogens is 328 g/mol. The molecule has 1 heterocycles. The average Bonchev–Trinajstić information content (AvgIpc) is 2.97. The van der Waals surface area contributed by atoms with Crippen molar-refractivity contribution in [3.63, 3.8) is 0 Å². The van der Waals surface area contributed by atoms with Gasteiger partial charge in [0, 0.05) is 29.9 Å². The van der Waals surface area contributed by atoms with E-state index in [1.807, 2.05) is 4.90 Å². The van der Waals surface area contributed by atoms with Gasteiger partial charge < -0.3 is 15.0 Å². The zero-order valence-electron chi connectivity index (χ0n) is 15.0. The third-order valence-electron chi connectivity index (χ3n) is 4.61. The van der Waals surface area contributed by atoms with Crippen molar-refractivity contribution < 1.29 is 14.3 Å². The quantitative estimate of drug-likeness (QED) is 0.906. The van der Waals surface area contributed by atoms with E-state index < -0.39 is 0 Å². The van der Waals surface area contributed by atoms with Crippen LogP contribution in [0.3, 0.4) is 0 Å². The van der Waals surface area contributed by atoms with E-state index in [1.54, 1.807) is 55.6 Å². The smallest absolute Gasteiger partial charge is 0.255 e. The van der Waals surface area contributed by atoms with Crippen molar-refractivity contribution in [1.29, 1.82) is 0 Å². The van der Waals surface area contributed by atoms with Gasteiger partial charge in [-0.15, -0.1) is 0 Å². The van der Waals surface area contributed by atoms with E-state index in [0.717, 1.165) is 31.7 Å². The monoisotopic (exact) mass is 352 g/mol. The Kier molecular flexibility index (Phi) is 5.89. The highest BCUT2D eigenvalue weighted by molar-refractivity contribution is 6.06. The first-order chi connectivity index (χ1) is 12.7. The molecule has 2 aromatic carbocycles. The highest BCUT2D eigenvalue weighted by atomic mass is 16.5. The SMILES string of the molecule is COc1ccc(NC(=O)c2cccc(C(=O)N3CCCCCC3)c2)cc1.